The fourth-order valence-corrected chi connectivity index (χ4v) is 12.9. The van der Waals surface area contributed by atoms with Gasteiger partial charge in [0.1, 0.15) is 5.52 Å². The van der Waals surface area contributed by atoms with Gasteiger partial charge in [-0.2, -0.15) is 0 Å². The minimum atomic E-state index is -0.300. The predicted molar refractivity (Wildman–Crippen MR) is 280 cm³/mol. The van der Waals surface area contributed by atoms with Crippen molar-refractivity contribution < 1.29 is 24.0 Å². The molecule has 7 heterocycles. The van der Waals surface area contributed by atoms with Gasteiger partial charge >= 0.3 is 0 Å². The lowest BCUT2D eigenvalue weighted by atomic mass is 9.72. The number of pyridine rings is 1. The minimum absolute atomic E-state index is 0.0261. The Hall–Kier alpha value is -5.83. The van der Waals surface area contributed by atoms with Crippen LogP contribution in [-0.4, -0.2) is 130 Å². The lowest BCUT2D eigenvalue weighted by Gasteiger charge is -2.49. The number of hydrogen-bond acceptors (Lipinski definition) is 10. The van der Waals surface area contributed by atoms with Crippen LogP contribution in [0.4, 0.5) is 17.2 Å². The molecule has 2 saturated carbocycles. The quantitative estimate of drug-likeness (QED) is 0.100. The molecule has 7 aliphatic rings. The number of piperidine rings is 5. The number of rotatable bonds is 13. The second-order valence-corrected chi connectivity index (χ2v) is 22.9. The average molecular weight is 979 g/mol. The van der Waals surface area contributed by atoms with Gasteiger partial charge < -0.3 is 34.4 Å². The maximum atomic E-state index is 14.2. The van der Waals surface area contributed by atoms with Crippen molar-refractivity contribution in [2.75, 3.05) is 67.5 Å². The summed E-state index contributed by atoms with van der Waals surface area (Å²) in [6, 6.07) is 18.1. The summed E-state index contributed by atoms with van der Waals surface area (Å²) in [4.78, 5) is 86.7. The fourth-order valence-electron chi connectivity index (χ4n) is 12.9. The predicted octanol–water partition coefficient (Wildman–Crippen LogP) is 7.79. The molecule has 15 heteroatoms. The number of carbonyl (C=O) groups excluding carboxylic acids is 5. The highest BCUT2D eigenvalue weighted by Crippen LogP contribution is 2.45. The highest BCUT2D eigenvalue weighted by Gasteiger charge is 2.43. The minimum Gasteiger partial charge on any atom is -0.371 e. The van der Waals surface area contributed by atoms with Crippen molar-refractivity contribution in [3.05, 3.63) is 66.0 Å². The first kappa shape index (κ1) is 48.4. The summed E-state index contributed by atoms with van der Waals surface area (Å²) in [6.07, 6.45) is 16.4. The smallest absolute Gasteiger partial charge is 0.234 e. The Morgan fingerprint density at radius 1 is 0.806 bits per heavy atom. The topological polar surface area (TPSA) is 156 Å². The van der Waals surface area contributed by atoms with Crippen molar-refractivity contribution in [3.63, 3.8) is 0 Å². The first-order valence-corrected chi connectivity index (χ1v) is 27.5. The Morgan fingerprint density at radius 2 is 1.47 bits per heavy atom. The van der Waals surface area contributed by atoms with Crippen molar-refractivity contribution in [2.24, 2.45) is 11.8 Å². The Kier molecular flexibility index (Phi) is 13.6. The summed E-state index contributed by atoms with van der Waals surface area (Å²) in [5, 5.41) is 6.16. The SMILES string of the molecule is CC(C)n1cnc2cc(-c3ccc(C4(C)CCN(C(=O)C5CCN(C(=O)C6CCN(c7ccc(C8CCC(=O)NC8=O)cc7)CC6)CC5)CC4)c(N(C=O)C4CC(N5CCCCC5)C4)c3)nc(NC3CC3)c21. The summed E-state index contributed by atoms with van der Waals surface area (Å²) in [5.74, 6) is 0.440. The number of likely N-dealkylation sites (tertiary alicyclic amines) is 3. The molecule has 2 aliphatic carbocycles. The van der Waals surface area contributed by atoms with Crippen molar-refractivity contribution >= 4 is 58.3 Å². The van der Waals surface area contributed by atoms with E-state index in [0.717, 1.165) is 135 Å². The van der Waals surface area contributed by atoms with E-state index in [4.69, 9.17) is 9.97 Å². The molecule has 15 nitrogen and oxygen atoms in total. The average Bonchev–Trinajstić information content (AvgIpc) is 4.10. The molecule has 5 amide bonds. The summed E-state index contributed by atoms with van der Waals surface area (Å²) in [7, 11) is 0. The van der Waals surface area contributed by atoms with Crippen LogP contribution in [0.5, 0.6) is 0 Å². The molecular weight excluding hydrogens is 905 g/mol. The molecule has 2 aromatic heterocycles. The van der Waals surface area contributed by atoms with Crippen LogP contribution < -0.4 is 20.4 Å². The van der Waals surface area contributed by atoms with E-state index >= 15 is 0 Å². The molecule has 7 fully saturated rings. The molecule has 72 heavy (non-hydrogen) atoms. The molecule has 0 bridgehead atoms. The lowest BCUT2D eigenvalue weighted by Crippen LogP contribution is -2.55. The zero-order valence-corrected chi connectivity index (χ0v) is 42.7. The summed E-state index contributed by atoms with van der Waals surface area (Å²) < 4.78 is 2.20. The molecule has 4 aromatic rings. The van der Waals surface area contributed by atoms with Gasteiger partial charge in [0.05, 0.1) is 23.5 Å². The summed E-state index contributed by atoms with van der Waals surface area (Å²) in [5.41, 5.74) is 7.62. The second-order valence-electron chi connectivity index (χ2n) is 22.9. The van der Waals surface area contributed by atoms with Crippen LogP contribution in [0.25, 0.3) is 22.3 Å². The number of fused-ring (bicyclic) bond motifs is 1. The van der Waals surface area contributed by atoms with E-state index in [-0.39, 0.29) is 58.9 Å². The van der Waals surface area contributed by atoms with E-state index in [9.17, 15) is 24.0 Å². The van der Waals surface area contributed by atoms with Gasteiger partial charge in [-0.05, 0) is 151 Å². The summed E-state index contributed by atoms with van der Waals surface area (Å²) in [6.45, 7) is 13.1. The molecule has 0 radical (unpaired) electrons. The van der Waals surface area contributed by atoms with Gasteiger partial charge in [-0.25, -0.2) is 9.97 Å². The molecule has 2 N–H and O–H groups in total. The van der Waals surface area contributed by atoms with E-state index in [1.807, 2.05) is 28.3 Å². The van der Waals surface area contributed by atoms with Crippen molar-refractivity contribution in [1.29, 1.82) is 0 Å². The Bertz CT molecular complexity index is 2660. The van der Waals surface area contributed by atoms with Gasteiger partial charge in [0.2, 0.25) is 30.0 Å². The van der Waals surface area contributed by atoms with Crippen molar-refractivity contribution in [1.82, 2.24) is 34.6 Å². The lowest BCUT2D eigenvalue weighted by molar-refractivity contribution is -0.143. The van der Waals surface area contributed by atoms with Crippen LogP contribution in [0.3, 0.4) is 0 Å². The number of nitrogens with zero attached hydrogens (tertiary/aromatic N) is 8. The third-order valence-electron chi connectivity index (χ3n) is 17.8. The zero-order chi connectivity index (χ0) is 49.7. The van der Waals surface area contributed by atoms with Crippen molar-refractivity contribution in [2.45, 2.75) is 153 Å². The van der Waals surface area contributed by atoms with Crippen LogP contribution in [0.15, 0.2) is 54.9 Å². The molecule has 1 atom stereocenters. The van der Waals surface area contributed by atoms with Gasteiger partial charge in [-0.3, -0.25) is 29.3 Å². The standard InChI is InChI=1S/C57H74N10O5/c1-37(2)66-35-58-49-34-48(60-53(52(49)66)59-42-10-11-42)41-9-15-47(50(31-41)67(36-68)45-32-44(33-45)62-23-5-4-6-24-62)57(3)21-29-65(30-22-57)56(72)40-19-27-64(28-20-40)55(71)39-17-25-63(26-18-39)43-12-7-38(8-13-43)46-14-16-51(69)61-54(46)70/h7-9,12-13,15,31,34-37,39-40,42,44-46H,4-6,10-11,14,16-30,32-33H2,1-3H3,(H,59,60)(H,61,69,70). The molecule has 5 aliphatic heterocycles. The third-order valence-corrected chi connectivity index (χ3v) is 17.8. The van der Waals surface area contributed by atoms with E-state index in [0.29, 0.717) is 63.9 Å². The zero-order valence-electron chi connectivity index (χ0n) is 42.7. The van der Waals surface area contributed by atoms with E-state index in [2.05, 4.69) is 87.1 Å². The molecule has 11 rings (SSSR count). The molecule has 5 saturated heterocycles. The van der Waals surface area contributed by atoms with E-state index in [1.165, 1.54) is 19.3 Å². The van der Waals surface area contributed by atoms with Crippen LogP contribution in [0, 0.1) is 11.8 Å². The Labute approximate surface area is 424 Å². The van der Waals surface area contributed by atoms with Crippen molar-refractivity contribution in [3.8, 4) is 11.3 Å². The number of nitrogens with one attached hydrogen (secondary N) is 2. The molecule has 2 aromatic carbocycles. The fraction of sp³-hybridized carbons (Fsp3) is 0.596. The number of carbonyl (C=O) groups is 5. The number of benzene rings is 2. The summed E-state index contributed by atoms with van der Waals surface area (Å²) >= 11 is 0. The van der Waals surface area contributed by atoms with Gasteiger partial charge in [0, 0.05) is 98.6 Å². The van der Waals surface area contributed by atoms with E-state index in [1.54, 1.807) is 0 Å². The van der Waals surface area contributed by atoms with Gasteiger partial charge in [0.25, 0.3) is 0 Å². The number of imide groups is 1. The number of hydrogen-bond donors (Lipinski definition) is 2. The van der Waals surface area contributed by atoms with Gasteiger partial charge in [-0.1, -0.05) is 37.6 Å². The highest BCUT2D eigenvalue weighted by atomic mass is 16.2. The molecular formula is C57H74N10O5. The third kappa shape index (κ3) is 9.74. The number of aromatic nitrogens is 3. The maximum absolute atomic E-state index is 14.2. The molecule has 382 valence electrons. The van der Waals surface area contributed by atoms with Gasteiger partial charge in [-0.15, -0.1) is 0 Å². The number of anilines is 3. The van der Waals surface area contributed by atoms with Gasteiger partial charge in [0.15, 0.2) is 5.82 Å². The molecule has 0 spiro atoms. The highest BCUT2D eigenvalue weighted by molar-refractivity contribution is 6.01. The van der Waals surface area contributed by atoms with Crippen LogP contribution in [-0.2, 0) is 29.4 Å². The number of amides is 5. The first-order chi connectivity index (χ1) is 34.9. The largest absolute Gasteiger partial charge is 0.371 e. The normalized spacial score (nSPS) is 24.6. The number of imidazole rings is 1. The van der Waals surface area contributed by atoms with Crippen LogP contribution in [0.2, 0.25) is 0 Å². The van der Waals surface area contributed by atoms with Crippen LogP contribution >= 0.6 is 0 Å². The monoisotopic (exact) mass is 979 g/mol. The Morgan fingerprint density at radius 3 is 2.11 bits per heavy atom. The molecule has 1 unspecified atom stereocenters. The van der Waals surface area contributed by atoms with E-state index < -0.39 is 0 Å². The first-order valence-electron chi connectivity index (χ1n) is 27.5. The van der Waals surface area contributed by atoms with Crippen LogP contribution in [0.1, 0.15) is 140 Å². The maximum Gasteiger partial charge on any atom is 0.234 e. The Balaban J connectivity index is 0.733. The second kappa shape index (κ2) is 20.2.